The SMILES string of the molecule is CCO[C@@H]1CCCN(C[C@@H]2CCCC[C@H]2N)C1.Cl. The first-order chi connectivity index (χ1) is 8.29. The first-order valence-corrected chi connectivity index (χ1v) is 7.39. The van der Waals surface area contributed by atoms with Gasteiger partial charge in [0, 0.05) is 25.7 Å². The predicted octanol–water partition coefficient (Wildman–Crippen LogP) is 2.43. The van der Waals surface area contributed by atoms with Gasteiger partial charge in [0.15, 0.2) is 0 Å². The maximum atomic E-state index is 6.23. The molecule has 0 aromatic heterocycles. The standard InChI is InChI=1S/C14H28N2O.ClH/c1-2-17-13-7-5-9-16(11-13)10-12-6-3-4-8-14(12)15;/h12-14H,2-11,15H2,1H3;1H/t12-,13+,14+;/m0./s1. The summed E-state index contributed by atoms with van der Waals surface area (Å²) < 4.78 is 5.76. The summed E-state index contributed by atoms with van der Waals surface area (Å²) in [4.78, 5) is 2.58. The molecule has 2 rings (SSSR count). The summed E-state index contributed by atoms with van der Waals surface area (Å²) >= 11 is 0. The van der Waals surface area contributed by atoms with Gasteiger partial charge < -0.3 is 15.4 Å². The Morgan fingerprint density at radius 1 is 1.17 bits per heavy atom. The Morgan fingerprint density at radius 2 is 1.94 bits per heavy atom. The average Bonchev–Trinajstić information content (AvgIpc) is 2.33. The highest BCUT2D eigenvalue weighted by Crippen LogP contribution is 2.25. The molecule has 1 saturated carbocycles. The molecule has 18 heavy (non-hydrogen) atoms. The van der Waals surface area contributed by atoms with Gasteiger partial charge in [-0.25, -0.2) is 0 Å². The maximum absolute atomic E-state index is 6.23. The van der Waals surface area contributed by atoms with E-state index < -0.39 is 0 Å². The summed E-state index contributed by atoms with van der Waals surface area (Å²) in [5.74, 6) is 0.726. The minimum atomic E-state index is 0. The zero-order chi connectivity index (χ0) is 12.1. The third kappa shape index (κ3) is 4.69. The molecule has 0 aromatic rings. The molecule has 0 spiro atoms. The molecule has 0 aromatic carbocycles. The van der Waals surface area contributed by atoms with Gasteiger partial charge in [-0.2, -0.15) is 0 Å². The van der Waals surface area contributed by atoms with Crippen molar-refractivity contribution in [3.8, 4) is 0 Å². The van der Waals surface area contributed by atoms with Gasteiger partial charge in [-0.05, 0) is 45.1 Å². The Morgan fingerprint density at radius 3 is 2.67 bits per heavy atom. The number of halogens is 1. The highest BCUT2D eigenvalue weighted by molar-refractivity contribution is 5.85. The van der Waals surface area contributed by atoms with E-state index in [0.717, 1.165) is 19.1 Å². The van der Waals surface area contributed by atoms with Crippen molar-refractivity contribution in [3.05, 3.63) is 0 Å². The predicted molar refractivity (Wildman–Crippen MR) is 78.3 cm³/mol. The van der Waals surface area contributed by atoms with E-state index in [1.54, 1.807) is 0 Å². The van der Waals surface area contributed by atoms with Crippen molar-refractivity contribution in [3.63, 3.8) is 0 Å². The molecule has 108 valence electrons. The molecule has 2 aliphatic rings. The van der Waals surface area contributed by atoms with Crippen LogP contribution in [0.2, 0.25) is 0 Å². The van der Waals surface area contributed by atoms with E-state index in [1.165, 1.54) is 51.6 Å². The molecule has 1 aliphatic heterocycles. The van der Waals surface area contributed by atoms with Crippen molar-refractivity contribution >= 4 is 12.4 Å². The lowest BCUT2D eigenvalue weighted by Gasteiger charge is -2.37. The molecule has 2 fully saturated rings. The Balaban J connectivity index is 0.00000162. The van der Waals surface area contributed by atoms with Gasteiger partial charge in [-0.1, -0.05) is 12.8 Å². The normalized spacial score (nSPS) is 34.0. The zero-order valence-electron chi connectivity index (χ0n) is 11.6. The molecule has 3 nitrogen and oxygen atoms in total. The molecule has 2 N–H and O–H groups in total. The molecule has 1 saturated heterocycles. The second-order valence-electron chi connectivity index (χ2n) is 5.69. The molecular weight excluding hydrogens is 248 g/mol. The topological polar surface area (TPSA) is 38.5 Å². The second kappa shape index (κ2) is 8.36. The third-order valence-electron chi connectivity index (χ3n) is 4.33. The summed E-state index contributed by atoms with van der Waals surface area (Å²) in [6.45, 7) is 6.51. The summed E-state index contributed by atoms with van der Waals surface area (Å²) in [5, 5.41) is 0. The van der Waals surface area contributed by atoms with E-state index in [2.05, 4.69) is 11.8 Å². The summed E-state index contributed by atoms with van der Waals surface area (Å²) in [7, 11) is 0. The van der Waals surface area contributed by atoms with Crippen molar-refractivity contribution in [2.45, 2.75) is 57.6 Å². The quantitative estimate of drug-likeness (QED) is 0.857. The van der Waals surface area contributed by atoms with Crippen LogP contribution >= 0.6 is 12.4 Å². The summed E-state index contributed by atoms with van der Waals surface area (Å²) in [5.41, 5.74) is 6.23. The average molecular weight is 277 g/mol. The van der Waals surface area contributed by atoms with E-state index >= 15 is 0 Å². The number of nitrogens with two attached hydrogens (primary N) is 1. The highest BCUT2D eigenvalue weighted by atomic mass is 35.5. The monoisotopic (exact) mass is 276 g/mol. The van der Waals surface area contributed by atoms with Crippen molar-refractivity contribution in [2.75, 3.05) is 26.2 Å². The van der Waals surface area contributed by atoms with Crippen LogP contribution in [0.5, 0.6) is 0 Å². The number of ether oxygens (including phenoxy) is 1. The minimum absolute atomic E-state index is 0. The number of nitrogens with zero attached hydrogens (tertiary/aromatic N) is 1. The first kappa shape index (κ1) is 16.2. The lowest BCUT2D eigenvalue weighted by atomic mass is 9.84. The number of hydrogen-bond acceptors (Lipinski definition) is 3. The zero-order valence-corrected chi connectivity index (χ0v) is 12.5. The van der Waals surface area contributed by atoms with E-state index in [9.17, 15) is 0 Å². The smallest absolute Gasteiger partial charge is 0.0702 e. The van der Waals surface area contributed by atoms with Crippen molar-refractivity contribution in [1.82, 2.24) is 4.90 Å². The lowest BCUT2D eigenvalue weighted by molar-refractivity contribution is -0.000685. The highest BCUT2D eigenvalue weighted by Gasteiger charge is 2.27. The molecule has 4 heteroatoms. The molecule has 1 aliphatic carbocycles. The maximum Gasteiger partial charge on any atom is 0.0702 e. The summed E-state index contributed by atoms with van der Waals surface area (Å²) in [6, 6.07) is 0.441. The fourth-order valence-electron chi connectivity index (χ4n) is 3.35. The Kier molecular flexibility index (Phi) is 7.54. The van der Waals surface area contributed by atoms with Crippen molar-refractivity contribution < 1.29 is 4.74 Å². The van der Waals surface area contributed by atoms with Gasteiger partial charge in [0.2, 0.25) is 0 Å². The van der Waals surface area contributed by atoms with E-state index in [0.29, 0.717) is 12.1 Å². The van der Waals surface area contributed by atoms with Gasteiger partial charge in [0.05, 0.1) is 6.10 Å². The lowest BCUT2D eigenvalue weighted by Crippen LogP contribution is -2.46. The first-order valence-electron chi connectivity index (χ1n) is 7.39. The van der Waals surface area contributed by atoms with Crippen LogP contribution in [0.15, 0.2) is 0 Å². The number of rotatable bonds is 4. The van der Waals surface area contributed by atoms with Crippen LogP contribution in [-0.4, -0.2) is 43.3 Å². The van der Waals surface area contributed by atoms with Gasteiger partial charge >= 0.3 is 0 Å². The van der Waals surface area contributed by atoms with Crippen molar-refractivity contribution in [1.29, 1.82) is 0 Å². The molecule has 0 unspecified atom stereocenters. The van der Waals surface area contributed by atoms with E-state index in [-0.39, 0.29) is 12.4 Å². The van der Waals surface area contributed by atoms with Gasteiger partial charge in [0.25, 0.3) is 0 Å². The number of hydrogen-bond donors (Lipinski definition) is 1. The molecule has 3 atom stereocenters. The van der Waals surface area contributed by atoms with Crippen LogP contribution in [-0.2, 0) is 4.74 Å². The molecule has 0 radical (unpaired) electrons. The Bertz CT molecular complexity index is 226. The third-order valence-corrected chi connectivity index (χ3v) is 4.33. The largest absolute Gasteiger partial charge is 0.377 e. The second-order valence-corrected chi connectivity index (χ2v) is 5.69. The van der Waals surface area contributed by atoms with Crippen LogP contribution in [0.1, 0.15) is 45.4 Å². The fourth-order valence-corrected chi connectivity index (χ4v) is 3.35. The molecule has 1 heterocycles. The van der Waals surface area contributed by atoms with Crippen LogP contribution < -0.4 is 5.73 Å². The Labute approximate surface area is 118 Å². The van der Waals surface area contributed by atoms with Gasteiger partial charge in [-0.15, -0.1) is 12.4 Å². The van der Waals surface area contributed by atoms with Crippen LogP contribution in [0, 0.1) is 5.92 Å². The van der Waals surface area contributed by atoms with Crippen LogP contribution in [0.25, 0.3) is 0 Å². The van der Waals surface area contributed by atoms with E-state index in [4.69, 9.17) is 10.5 Å². The summed E-state index contributed by atoms with van der Waals surface area (Å²) in [6.07, 6.45) is 8.26. The van der Waals surface area contributed by atoms with Crippen molar-refractivity contribution in [2.24, 2.45) is 11.7 Å². The van der Waals surface area contributed by atoms with Crippen LogP contribution in [0.4, 0.5) is 0 Å². The van der Waals surface area contributed by atoms with E-state index in [1.807, 2.05) is 0 Å². The van der Waals surface area contributed by atoms with Gasteiger partial charge in [-0.3, -0.25) is 0 Å². The minimum Gasteiger partial charge on any atom is -0.377 e. The Hall–Kier alpha value is 0.170. The van der Waals surface area contributed by atoms with Crippen LogP contribution in [0.3, 0.4) is 0 Å². The van der Waals surface area contributed by atoms with Gasteiger partial charge in [0.1, 0.15) is 0 Å². The fraction of sp³-hybridized carbons (Fsp3) is 1.00. The molecule has 0 bridgehead atoms. The molecule has 0 amide bonds. The molecular formula is C14H29ClN2O. The number of piperidine rings is 1. The number of likely N-dealkylation sites (tertiary alicyclic amines) is 1.